The highest BCUT2D eigenvalue weighted by Gasteiger charge is 2.18. The SMILES string of the molecule is CC1Cc2cc(N=C(N)NC#N)ccc2O1. The lowest BCUT2D eigenvalue weighted by atomic mass is 10.1. The van der Waals surface area contributed by atoms with Gasteiger partial charge >= 0.3 is 0 Å². The number of rotatable bonds is 1. The summed E-state index contributed by atoms with van der Waals surface area (Å²) in [6.45, 7) is 2.02. The Morgan fingerprint density at radius 2 is 2.50 bits per heavy atom. The van der Waals surface area contributed by atoms with E-state index in [1.807, 2.05) is 25.1 Å². The molecule has 1 unspecified atom stereocenters. The van der Waals surface area contributed by atoms with Crippen molar-refractivity contribution in [1.29, 1.82) is 5.26 Å². The second kappa shape index (κ2) is 4.11. The van der Waals surface area contributed by atoms with E-state index >= 15 is 0 Å². The number of ether oxygens (including phenoxy) is 1. The average molecular weight is 216 g/mol. The van der Waals surface area contributed by atoms with E-state index in [0.29, 0.717) is 0 Å². The molecule has 0 aromatic heterocycles. The zero-order valence-corrected chi connectivity index (χ0v) is 8.90. The monoisotopic (exact) mass is 216 g/mol. The predicted molar refractivity (Wildman–Crippen MR) is 60.3 cm³/mol. The van der Waals surface area contributed by atoms with Crippen molar-refractivity contribution in [1.82, 2.24) is 5.32 Å². The van der Waals surface area contributed by atoms with Crippen LogP contribution >= 0.6 is 0 Å². The van der Waals surface area contributed by atoms with E-state index in [1.54, 1.807) is 6.19 Å². The van der Waals surface area contributed by atoms with E-state index in [0.717, 1.165) is 23.4 Å². The molecule has 1 aliphatic rings. The Hall–Kier alpha value is -2.22. The molecule has 1 heterocycles. The van der Waals surface area contributed by atoms with E-state index in [1.165, 1.54) is 0 Å². The average Bonchev–Trinajstić information content (AvgIpc) is 2.57. The van der Waals surface area contributed by atoms with Gasteiger partial charge in [-0.15, -0.1) is 0 Å². The van der Waals surface area contributed by atoms with Crippen LogP contribution in [0.5, 0.6) is 5.75 Å². The highest BCUT2D eigenvalue weighted by atomic mass is 16.5. The first-order valence-corrected chi connectivity index (χ1v) is 4.98. The molecule has 3 N–H and O–H groups in total. The highest BCUT2D eigenvalue weighted by molar-refractivity contribution is 5.82. The number of nitrogens with one attached hydrogen (secondary N) is 1. The largest absolute Gasteiger partial charge is 0.490 e. The Morgan fingerprint density at radius 3 is 3.25 bits per heavy atom. The number of guanidine groups is 1. The fourth-order valence-electron chi connectivity index (χ4n) is 1.70. The van der Waals surface area contributed by atoms with Crippen LogP contribution in [0.2, 0.25) is 0 Å². The third-order valence-electron chi connectivity index (χ3n) is 2.31. The Balaban J connectivity index is 2.23. The van der Waals surface area contributed by atoms with Crippen LogP contribution in [-0.4, -0.2) is 12.1 Å². The van der Waals surface area contributed by atoms with E-state index < -0.39 is 0 Å². The van der Waals surface area contributed by atoms with Gasteiger partial charge in [0, 0.05) is 6.42 Å². The summed E-state index contributed by atoms with van der Waals surface area (Å²) in [6.07, 6.45) is 2.81. The molecule has 1 aromatic carbocycles. The van der Waals surface area contributed by atoms with Crippen molar-refractivity contribution < 1.29 is 4.74 Å². The molecule has 0 aliphatic carbocycles. The highest BCUT2D eigenvalue weighted by Crippen LogP contribution is 2.31. The van der Waals surface area contributed by atoms with Gasteiger partial charge in [0.05, 0.1) is 5.69 Å². The molecule has 0 amide bonds. The van der Waals surface area contributed by atoms with E-state index in [9.17, 15) is 0 Å². The number of hydrogen-bond acceptors (Lipinski definition) is 3. The molecule has 0 fully saturated rings. The maximum absolute atomic E-state index is 8.36. The molecular weight excluding hydrogens is 204 g/mol. The van der Waals surface area contributed by atoms with Gasteiger partial charge in [-0.25, -0.2) is 4.99 Å². The van der Waals surface area contributed by atoms with Crippen molar-refractivity contribution in [2.75, 3.05) is 0 Å². The lowest BCUT2D eigenvalue weighted by Gasteiger charge is -2.02. The van der Waals surface area contributed by atoms with Gasteiger partial charge in [0.15, 0.2) is 6.19 Å². The van der Waals surface area contributed by atoms with Gasteiger partial charge < -0.3 is 10.5 Å². The number of nitrogens with zero attached hydrogens (tertiary/aromatic N) is 2. The minimum Gasteiger partial charge on any atom is -0.490 e. The van der Waals surface area contributed by atoms with Crippen molar-refractivity contribution in [3.8, 4) is 11.9 Å². The van der Waals surface area contributed by atoms with Gasteiger partial charge in [0.25, 0.3) is 0 Å². The fourth-order valence-corrected chi connectivity index (χ4v) is 1.70. The fraction of sp³-hybridized carbons (Fsp3) is 0.273. The lowest BCUT2D eigenvalue weighted by molar-refractivity contribution is 0.254. The first-order chi connectivity index (χ1) is 7.69. The third-order valence-corrected chi connectivity index (χ3v) is 2.31. The molecule has 5 heteroatoms. The summed E-state index contributed by atoms with van der Waals surface area (Å²) in [7, 11) is 0. The van der Waals surface area contributed by atoms with Crippen molar-refractivity contribution >= 4 is 11.6 Å². The van der Waals surface area contributed by atoms with E-state index in [2.05, 4.69) is 10.3 Å². The minimum atomic E-state index is 0.0920. The zero-order valence-electron chi connectivity index (χ0n) is 8.90. The zero-order chi connectivity index (χ0) is 11.5. The molecule has 2 rings (SSSR count). The summed E-state index contributed by atoms with van der Waals surface area (Å²) in [5.74, 6) is 0.993. The van der Waals surface area contributed by atoms with Crippen molar-refractivity contribution in [2.24, 2.45) is 10.7 Å². The van der Waals surface area contributed by atoms with E-state index in [4.69, 9.17) is 15.7 Å². The number of fused-ring (bicyclic) bond motifs is 1. The van der Waals surface area contributed by atoms with Crippen LogP contribution in [0, 0.1) is 11.5 Å². The second-order valence-electron chi connectivity index (χ2n) is 3.66. The van der Waals surface area contributed by atoms with Crippen LogP contribution in [0.4, 0.5) is 5.69 Å². The summed E-state index contributed by atoms with van der Waals surface area (Å²) in [4.78, 5) is 4.06. The molecule has 1 atom stereocenters. The summed E-state index contributed by atoms with van der Waals surface area (Å²) >= 11 is 0. The van der Waals surface area contributed by atoms with Gasteiger partial charge in [-0.05, 0) is 30.7 Å². The number of benzene rings is 1. The van der Waals surface area contributed by atoms with Crippen LogP contribution in [0.15, 0.2) is 23.2 Å². The van der Waals surface area contributed by atoms with Crippen molar-refractivity contribution in [3.05, 3.63) is 23.8 Å². The molecule has 16 heavy (non-hydrogen) atoms. The maximum atomic E-state index is 8.36. The molecule has 0 saturated carbocycles. The Labute approximate surface area is 93.5 Å². The Morgan fingerprint density at radius 1 is 1.69 bits per heavy atom. The molecule has 1 aromatic rings. The maximum Gasteiger partial charge on any atom is 0.207 e. The minimum absolute atomic E-state index is 0.0920. The third kappa shape index (κ3) is 2.06. The molecule has 5 nitrogen and oxygen atoms in total. The summed E-state index contributed by atoms with van der Waals surface area (Å²) in [6, 6.07) is 5.60. The van der Waals surface area contributed by atoms with Crippen molar-refractivity contribution in [3.63, 3.8) is 0 Å². The Bertz CT molecular complexity index is 475. The number of nitriles is 1. The summed E-state index contributed by atoms with van der Waals surface area (Å²) < 4.78 is 5.57. The number of aliphatic imine (C=N–C) groups is 1. The van der Waals surface area contributed by atoms with Gasteiger partial charge in [-0.2, -0.15) is 5.26 Å². The first kappa shape index (κ1) is 10.3. The van der Waals surface area contributed by atoms with E-state index in [-0.39, 0.29) is 12.1 Å². The topological polar surface area (TPSA) is 83.4 Å². The second-order valence-corrected chi connectivity index (χ2v) is 3.66. The lowest BCUT2D eigenvalue weighted by Crippen LogP contribution is -2.26. The van der Waals surface area contributed by atoms with Crippen molar-refractivity contribution in [2.45, 2.75) is 19.4 Å². The van der Waals surface area contributed by atoms with Gasteiger partial charge in [0.1, 0.15) is 11.9 Å². The van der Waals surface area contributed by atoms with Gasteiger partial charge in [0.2, 0.25) is 5.96 Å². The summed E-state index contributed by atoms with van der Waals surface area (Å²) in [5, 5.41) is 10.6. The molecule has 0 radical (unpaired) electrons. The first-order valence-electron chi connectivity index (χ1n) is 4.98. The van der Waals surface area contributed by atoms with Crippen LogP contribution < -0.4 is 15.8 Å². The standard InChI is InChI=1S/C11H12N4O/c1-7-4-8-5-9(2-3-10(8)16-7)15-11(13)14-6-12/h2-3,5,7H,4H2,1H3,(H3,13,14,15). The van der Waals surface area contributed by atoms with Crippen LogP contribution in [0.3, 0.4) is 0 Å². The molecular formula is C11H12N4O. The number of nitrogens with two attached hydrogens (primary N) is 1. The molecule has 0 saturated heterocycles. The summed E-state index contributed by atoms with van der Waals surface area (Å²) in [5.41, 5.74) is 7.32. The number of hydrogen-bond donors (Lipinski definition) is 2. The Kier molecular flexibility index (Phi) is 2.64. The molecule has 82 valence electrons. The quantitative estimate of drug-likeness (QED) is 0.318. The molecule has 0 bridgehead atoms. The molecule has 0 spiro atoms. The van der Waals surface area contributed by atoms with Gasteiger partial charge in [-0.3, -0.25) is 5.32 Å². The van der Waals surface area contributed by atoms with Crippen LogP contribution in [0.25, 0.3) is 0 Å². The van der Waals surface area contributed by atoms with Crippen LogP contribution in [-0.2, 0) is 6.42 Å². The predicted octanol–water partition coefficient (Wildman–Crippen LogP) is 1.03. The van der Waals surface area contributed by atoms with Gasteiger partial charge in [-0.1, -0.05) is 0 Å². The normalized spacial score (nSPS) is 18.5. The molecule has 1 aliphatic heterocycles. The van der Waals surface area contributed by atoms with Crippen LogP contribution in [0.1, 0.15) is 12.5 Å². The smallest absolute Gasteiger partial charge is 0.207 e.